The second-order valence-electron chi connectivity index (χ2n) is 6.63. The van der Waals surface area contributed by atoms with Gasteiger partial charge in [-0.1, -0.05) is 54.1 Å². The number of aryl methyl sites for hydroxylation is 2. The maximum atomic E-state index is 6.00. The number of nitrogens with zero attached hydrogens (tertiary/aromatic N) is 2. The van der Waals surface area contributed by atoms with Gasteiger partial charge in [-0.2, -0.15) is 0 Å². The van der Waals surface area contributed by atoms with Crippen molar-refractivity contribution >= 4 is 11.0 Å². The number of imidazole rings is 1. The van der Waals surface area contributed by atoms with E-state index in [4.69, 9.17) is 9.72 Å². The summed E-state index contributed by atoms with van der Waals surface area (Å²) < 4.78 is 8.26. The van der Waals surface area contributed by atoms with Crippen molar-refractivity contribution < 1.29 is 4.74 Å². The molecule has 26 heavy (non-hydrogen) atoms. The molecule has 0 unspecified atom stereocenters. The highest BCUT2D eigenvalue weighted by atomic mass is 16.5. The van der Waals surface area contributed by atoms with Crippen LogP contribution in [0.15, 0.2) is 72.8 Å². The highest BCUT2D eigenvalue weighted by Gasteiger charge is 2.12. The van der Waals surface area contributed by atoms with E-state index >= 15 is 0 Å². The van der Waals surface area contributed by atoms with Crippen molar-refractivity contribution in [2.75, 3.05) is 0 Å². The van der Waals surface area contributed by atoms with Crippen LogP contribution in [0.5, 0.6) is 5.75 Å². The van der Waals surface area contributed by atoms with Gasteiger partial charge >= 0.3 is 0 Å². The number of hydrogen-bond donors (Lipinski definition) is 0. The third kappa shape index (κ3) is 3.33. The standard InChI is InChI=1S/C23H22N2O/c1-17-11-13-20(14-12-17)26-16-23-24-21-9-5-6-10-22(21)25(23)15-19-8-4-3-7-18(19)2/h3-14H,15-16H2,1-2H3. The summed E-state index contributed by atoms with van der Waals surface area (Å²) in [6.45, 7) is 5.46. The maximum absolute atomic E-state index is 6.00. The summed E-state index contributed by atoms with van der Waals surface area (Å²) in [6, 6.07) is 24.9. The Kier molecular flexibility index (Phi) is 4.44. The van der Waals surface area contributed by atoms with Crippen molar-refractivity contribution in [3.63, 3.8) is 0 Å². The first-order valence-electron chi connectivity index (χ1n) is 8.89. The Labute approximate surface area is 153 Å². The molecule has 0 radical (unpaired) electrons. The topological polar surface area (TPSA) is 27.1 Å². The predicted octanol–water partition coefficient (Wildman–Crippen LogP) is 5.28. The molecule has 0 N–H and O–H groups in total. The van der Waals surface area contributed by atoms with Gasteiger partial charge in [0.2, 0.25) is 0 Å². The zero-order valence-corrected chi connectivity index (χ0v) is 15.1. The van der Waals surface area contributed by atoms with Crippen LogP contribution in [0.25, 0.3) is 11.0 Å². The number of hydrogen-bond acceptors (Lipinski definition) is 2. The summed E-state index contributed by atoms with van der Waals surface area (Å²) in [6.07, 6.45) is 0. The van der Waals surface area contributed by atoms with Gasteiger partial charge in [-0.3, -0.25) is 0 Å². The van der Waals surface area contributed by atoms with Crippen molar-refractivity contribution in [1.82, 2.24) is 9.55 Å². The van der Waals surface area contributed by atoms with Crippen LogP contribution in [0.1, 0.15) is 22.5 Å². The summed E-state index contributed by atoms with van der Waals surface area (Å²) in [5.41, 5.74) is 5.95. The first-order valence-corrected chi connectivity index (χ1v) is 8.89. The third-order valence-corrected chi connectivity index (χ3v) is 4.71. The normalized spacial score (nSPS) is 11.0. The van der Waals surface area contributed by atoms with E-state index in [9.17, 15) is 0 Å². The second kappa shape index (κ2) is 7.04. The Balaban J connectivity index is 1.67. The van der Waals surface area contributed by atoms with Crippen molar-refractivity contribution in [3.05, 3.63) is 95.3 Å². The zero-order chi connectivity index (χ0) is 17.9. The molecule has 4 rings (SSSR count). The summed E-state index contributed by atoms with van der Waals surface area (Å²) >= 11 is 0. The molecule has 0 spiro atoms. The average molecular weight is 342 g/mol. The molecule has 0 bridgehead atoms. The predicted molar refractivity (Wildman–Crippen MR) is 106 cm³/mol. The van der Waals surface area contributed by atoms with Crippen LogP contribution >= 0.6 is 0 Å². The smallest absolute Gasteiger partial charge is 0.148 e. The molecule has 0 amide bonds. The lowest BCUT2D eigenvalue weighted by molar-refractivity contribution is 0.291. The Hall–Kier alpha value is -3.07. The van der Waals surface area contributed by atoms with Crippen LogP contribution in [-0.4, -0.2) is 9.55 Å². The Bertz CT molecular complexity index is 1030. The fourth-order valence-electron chi connectivity index (χ4n) is 3.15. The average Bonchev–Trinajstić information content (AvgIpc) is 3.01. The molecule has 3 nitrogen and oxygen atoms in total. The molecular weight excluding hydrogens is 320 g/mol. The van der Waals surface area contributed by atoms with Crippen molar-refractivity contribution in [2.24, 2.45) is 0 Å². The molecule has 0 aliphatic carbocycles. The SMILES string of the molecule is Cc1ccc(OCc2nc3ccccc3n2Cc2ccccc2C)cc1. The maximum Gasteiger partial charge on any atom is 0.148 e. The molecule has 0 aliphatic rings. The minimum atomic E-state index is 0.448. The Morgan fingerprint density at radius 2 is 1.58 bits per heavy atom. The van der Waals surface area contributed by atoms with Crippen LogP contribution in [0.4, 0.5) is 0 Å². The molecule has 3 aromatic carbocycles. The van der Waals surface area contributed by atoms with Gasteiger partial charge in [-0.25, -0.2) is 4.98 Å². The quantitative estimate of drug-likeness (QED) is 0.493. The summed E-state index contributed by atoms with van der Waals surface area (Å²) in [4.78, 5) is 4.81. The molecule has 1 aromatic heterocycles. The Morgan fingerprint density at radius 1 is 0.846 bits per heavy atom. The van der Waals surface area contributed by atoms with Gasteiger partial charge in [-0.15, -0.1) is 0 Å². The fourth-order valence-corrected chi connectivity index (χ4v) is 3.15. The zero-order valence-electron chi connectivity index (χ0n) is 15.1. The van der Waals surface area contributed by atoms with Gasteiger partial charge in [-0.05, 0) is 49.2 Å². The van der Waals surface area contributed by atoms with Gasteiger partial charge in [0.15, 0.2) is 0 Å². The van der Waals surface area contributed by atoms with Gasteiger partial charge in [0, 0.05) is 6.54 Å². The molecule has 130 valence electrons. The van der Waals surface area contributed by atoms with Crippen molar-refractivity contribution in [3.8, 4) is 5.75 Å². The number of para-hydroxylation sites is 2. The number of aromatic nitrogens is 2. The molecular formula is C23H22N2O. The summed E-state index contributed by atoms with van der Waals surface area (Å²) in [5, 5.41) is 0. The molecule has 0 atom stereocenters. The summed E-state index contributed by atoms with van der Waals surface area (Å²) in [5.74, 6) is 1.81. The molecule has 4 aromatic rings. The lowest BCUT2D eigenvalue weighted by Crippen LogP contribution is -2.09. The minimum Gasteiger partial charge on any atom is -0.486 e. The van der Waals surface area contributed by atoms with E-state index in [1.165, 1.54) is 16.7 Å². The number of fused-ring (bicyclic) bond motifs is 1. The van der Waals surface area contributed by atoms with E-state index in [-0.39, 0.29) is 0 Å². The molecule has 3 heteroatoms. The summed E-state index contributed by atoms with van der Waals surface area (Å²) in [7, 11) is 0. The van der Waals surface area contributed by atoms with Crippen LogP contribution < -0.4 is 4.74 Å². The first-order chi connectivity index (χ1) is 12.7. The molecule has 0 aliphatic heterocycles. The second-order valence-corrected chi connectivity index (χ2v) is 6.63. The molecule has 0 saturated heterocycles. The van der Waals surface area contributed by atoms with E-state index in [1.807, 2.05) is 18.2 Å². The van der Waals surface area contributed by atoms with Gasteiger partial charge in [0.1, 0.15) is 18.2 Å². The highest BCUT2D eigenvalue weighted by Crippen LogP contribution is 2.21. The van der Waals surface area contributed by atoms with Crippen LogP contribution in [0.3, 0.4) is 0 Å². The van der Waals surface area contributed by atoms with Crippen molar-refractivity contribution in [1.29, 1.82) is 0 Å². The highest BCUT2D eigenvalue weighted by molar-refractivity contribution is 5.76. The monoisotopic (exact) mass is 342 g/mol. The Morgan fingerprint density at radius 3 is 2.38 bits per heavy atom. The number of rotatable bonds is 5. The van der Waals surface area contributed by atoms with Crippen LogP contribution in [0.2, 0.25) is 0 Å². The molecule has 1 heterocycles. The molecule has 0 fully saturated rings. The number of benzene rings is 3. The van der Waals surface area contributed by atoms with Crippen molar-refractivity contribution in [2.45, 2.75) is 27.0 Å². The van der Waals surface area contributed by atoms with E-state index in [2.05, 4.69) is 73.0 Å². The fraction of sp³-hybridized carbons (Fsp3) is 0.174. The van der Waals surface area contributed by atoms with Gasteiger partial charge in [0.25, 0.3) is 0 Å². The minimum absolute atomic E-state index is 0.448. The lowest BCUT2D eigenvalue weighted by atomic mass is 10.1. The van der Waals surface area contributed by atoms with E-state index < -0.39 is 0 Å². The lowest BCUT2D eigenvalue weighted by Gasteiger charge is -2.12. The van der Waals surface area contributed by atoms with Gasteiger partial charge < -0.3 is 9.30 Å². The largest absolute Gasteiger partial charge is 0.486 e. The van der Waals surface area contributed by atoms with E-state index in [1.54, 1.807) is 0 Å². The van der Waals surface area contributed by atoms with E-state index in [0.717, 1.165) is 29.2 Å². The first kappa shape index (κ1) is 16.4. The molecule has 0 saturated carbocycles. The van der Waals surface area contributed by atoms with Gasteiger partial charge in [0.05, 0.1) is 11.0 Å². The van der Waals surface area contributed by atoms with Crippen LogP contribution in [0, 0.1) is 13.8 Å². The third-order valence-electron chi connectivity index (χ3n) is 4.71. The van der Waals surface area contributed by atoms with Crippen LogP contribution in [-0.2, 0) is 13.2 Å². The van der Waals surface area contributed by atoms with E-state index in [0.29, 0.717) is 6.61 Å². The number of ether oxygens (including phenoxy) is 1.